The van der Waals surface area contributed by atoms with Gasteiger partial charge in [0.1, 0.15) is 0 Å². The van der Waals surface area contributed by atoms with Crippen LogP contribution in [0.4, 0.5) is 5.69 Å². The summed E-state index contributed by atoms with van der Waals surface area (Å²) in [5.74, 6) is 0.0958. The monoisotopic (exact) mass is 307 g/mol. The van der Waals surface area contributed by atoms with E-state index in [0.717, 1.165) is 5.56 Å². The molecule has 2 N–H and O–H groups in total. The van der Waals surface area contributed by atoms with E-state index in [1.54, 1.807) is 42.9 Å². The van der Waals surface area contributed by atoms with Gasteiger partial charge in [-0.15, -0.1) is 0 Å². The Hall–Kier alpha value is -3.35. The summed E-state index contributed by atoms with van der Waals surface area (Å²) in [6.07, 6.45) is 6.15. The number of azo groups is 1. The molecule has 114 valence electrons. The topological polar surface area (TPSA) is 107 Å². The van der Waals surface area contributed by atoms with Gasteiger partial charge < -0.3 is 10.2 Å². The number of oxazole rings is 1. The minimum absolute atomic E-state index is 0.571. The lowest BCUT2D eigenvalue weighted by molar-refractivity contribution is -0.119. The van der Waals surface area contributed by atoms with Gasteiger partial charge in [-0.25, -0.2) is 4.98 Å². The summed E-state index contributed by atoms with van der Waals surface area (Å²) in [7, 11) is 0. The summed E-state index contributed by atoms with van der Waals surface area (Å²) < 4.78 is 5.21. The van der Waals surface area contributed by atoms with Crippen molar-refractivity contribution in [1.82, 2.24) is 9.97 Å². The molecule has 0 bridgehead atoms. The first-order chi connectivity index (χ1) is 11.2. The summed E-state index contributed by atoms with van der Waals surface area (Å²) in [5, 5.41) is 8.13. The molecule has 3 rings (SSSR count). The molecule has 1 atom stereocenters. The summed E-state index contributed by atoms with van der Waals surface area (Å²) in [6.45, 7) is 0. The molecule has 7 heteroatoms. The highest BCUT2D eigenvalue weighted by Gasteiger charge is 2.16. The Morgan fingerprint density at radius 1 is 1.09 bits per heavy atom. The van der Waals surface area contributed by atoms with Crippen LogP contribution < -0.4 is 5.73 Å². The Morgan fingerprint density at radius 3 is 2.43 bits per heavy atom. The molecule has 2 heterocycles. The Labute approximate surface area is 131 Å². The fourth-order valence-corrected chi connectivity index (χ4v) is 2.01. The van der Waals surface area contributed by atoms with Crippen LogP contribution in [0.2, 0.25) is 0 Å². The van der Waals surface area contributed by atoms with Gasteiger partial charge in [0.15, 0.2) is 18.2 Å². The first-order valence-electron chi connectivity index (χ1n) is 6.83. The lowest BCUT2D eigenvalue weighted by Crippen LogP contribution is -2.19. The number of amides is 1. The second-order valence-electron chi connectivity index (χ2n) is 4.71. The molecule has 0 aliphatic rings. The van der Waals surface area contributed by atoms with Crippen LogP contribution in [0, 0.1) is 0 Å². The Balaban J connectivity index is 1.79. The average molecular weight is 307 g/mol. The zero-order chi connectivity index (χ0) is 16.1. The van der Waals surface area contributed by atoms with Crippen LogP contribution in [0.3, 0.4) is 0 Å². The van der Waals surface area contributed by atoms with Crippen molar-refractivity contribution < 1.29 is 9.21 Å². The molecule has 0 radical (unpaired) electrons. The van der Waals surface area contributed by atoms with Crippen molar-refractivity contribution >= 4 is 11.6 Å². The highest BCUT2D eigenvalue weighted by atomic mass is 16.3. The van der Waals surface area contributed by atoms with E-state index < -0.39 is 11.9 Å². The zero-order valence-electron chi connectivity index (χ0n) is 12.0. The van der Waals surface area contributed by atoms with Crippen molar-refractivity contribution in [3.63, 3.8) is 0 Å². The third-order valence-corrected chi connectivity index (χ3v) is 3.16. The summed E-state index contributed by atoms with van der Waals surface area (Å²) >= 11 is 0. The molecule has 1 unspecified atom stereocenters. The number of primary amides is 1. The van der Waals surface area contributed by atoms with Gasteiger partial charge in [0.25, 0.3) is 0 Å². The zero-order valence-corrected chi connectivity index (χ0v) is 12.0. The van der Waals surface area contributed by atoms with Crippen LogP contribution in [0.25, 0.3) is 11.3 Å². The number of pyridine rings is 1. The highest BCUT2D eigenvalue weighted by Crippen LogP contribution is 2.24. The molecule has 0 saturated carbocycles. The second-order valence-corrected chi connectivity index (χ2v) is 4.71. The van der Waals surface area contributed by atoms with Gasteiger partial charge in [-0.2, -0.15) is 10.2 Å². The Bertz CT molecular complexity index is 798. The van der Waals surface area contributed by atoms with Crippen LogP contribution in [-0.4, -0.2) is 15.9 Å². The van der Waals surface area contributed by atoms with Gasteiger partial charge in [0.2, 0.25) is 5.91 Å². The van der Waals surface area contributed by atoms with Crippen LogP contribution in [0.5, 0.6) is 0 Å². The lowest BCUT2D eigenvalue weighted by atomic mass is 10.1. The van der Waals surface area contributed by atoms with E-state index in [4.69, 9.17) is 10.2 Å². The Kier molecular flexibility index (Phi) is 4.19. The molecule has 0 aliphatic heterocycles. The van der Waals surface area contributed by atoms with Crippen molar-refractivity contribution in [3.8, 4) is 11.3 Å². The maximum Gasteiger partial charge on any atom is 0.248 e. The number of rotatable bonds is 5. The minimum Gasteiger partial charge on any atom is -0.444 e. The van der Waals surface area contributed by atoms with E-state index in [1.165, 1.54) is 6.39 Å². The van der Waals surface area contributed by atoms with Crippen molar-refractivity contribution in [1.29, 1.82) is 0 Å². The van der Waals surface area contributed by atoms with E-state index in [9.17, 15) is 4.79 Å². The molecule has 0 spiro atoms. The van der Waals surface area contributed by atoms with Gasteiger partial charge in [-0.05, 0) is 42.0 Å². The molecular weight excluding hydrogens is 294 g/mol. The summed E-state index contributed by atoms with van der Waals surface area (Å²) in [4.78, 5) is 19.3. The van der Waals surface area contributed by atoms with Gasteiger partial charge in [-0.1, -0.05) is 0 Å². The molecule has 1 aromatic carbocycles. The number of benzene rings is 1. The van der Waals surface area contributed by atoms with Crippen LogP contribution in [0.1, 0.15) is 11.6 Å². The van der Waals surface area contributed by atoms with Crippen LogP contribution in [0.15, 0.2) is 76.0 Å². The van der Waals surface area contributed by atoms with E-state index >= 15 is 0 Å². The fourth-order valence-electron chi connectivity index (χ4n) is 2.01. The number of hydrogen-bond donors (Lipinski definition) is 1. The third kappa shape index (κ3) is 3.46. The number of hydrogen-bond acceptors (Lipinski definition) is 6. The van der Waals surface area contributed by atoms with Crippen molar-refractivity contribution in [2.75, 3.05) is 0 Å². The van der Waals surface area contributed by atoms with Gasteiger partial charge in [-0.3, -0.25) is 9.78 Å². The number of aromatic nitrogens is 2. The molecule has 1 amide bonds. The van der Waals surface area contributed by atoms with Gasteiger partial charge in [0, 0.05) is 18.0 Å². The maximum absolute atomic E-state index is 11.6. The van der Waals surface area contributed by atoms with E-state index in [0.29, 0.717) is 17.0 Å². The first kappa shape index (κ1) is 14.6. The maximum atomic E-state index is 11.6. The number of nitrogens with zero attached hydrogens (tertiary/aromatic N) is 4. The van der Waals surface area contributed by atoms with Crippen molar-refractivity contribution in [3.05, 3.63) is 66.9 Å². The normalized spacial score (nSPS) is 12.3. The first-order valence-corrected chi connectivity index (χ1v) is 6.83. The third-order valence-electron chi connectivity index (χ3n) is 3.16. The number of nitrogens with two attached hydrogens (primary N) is 1. The quantitative estimate of drug-likeness (QED) is 0.731. The van der Waals surface area contributed by atoms with E-state index in [1.807, 2.05) is 12.1 Å². The molecule has 23 heavy (non-hydrogen) atoms. The van der Waals surface area contributed by atoms with Gasteiger partial charge >= 0.3 is 0 Å². The Morgan fingerprint density at radius 2 is 1.83 bits per heavy atom. The molecule has 3 aromatic rings. The van der Waals surface area contributed by atoms with E-state index in [2.05, 4.69) is 20.2 Å². The fraction of sp³-hybridized carbons (Fsp3) is 0.0625. The van der Waals surface area contributed by atoms with Gasteiger partial charge in [0.05, 0.1) is 11.9 Å². The predicted octanol–water partition coefficient (Wildman–Crippen LogP) is 3.05. The number of carbonyl (C=O) groups is 1. The SMILES string of the molecule is NC(=O)C(N=Nc1ccc(-c2cnco2)cc1)c1ccncc1. The molecule has 0 aliphatic carbocycles. The minimum atomic E-state index is -0.841. The molecule has 0 saturated heterocycles. The molecule has 7 nitrogen and oxygen atoms in total. The largest absolute Gasteiger partial charge is 0.444 e. The van der Waals surface area contributed by atoms with E-state index in [-0.39, 0.29) is 0 Å². The molecule has 0 fully saturated rings. The highest BCUT2D eigenvalue weighted by molar-refractivity contribution is 5.81. The van der Waals surface area contributed by atoms with Crippen molar-refractivity contribution in [2.45, 2.75) is 6.04 Å². The second kappa shape index (κ2) is 6.61. The predicted molar refractivity (Wildman–Crippen MR) is 82.6 cm³/mol. The lowest BCUT2D eigenvalue weighted by Gasteiger charge is -2.06. The average Bonchev–Trinajstić information content (AvgIpc) is 3.11. The molecule has 2 aromatic heterocycles. The molecular formula is C16H13N5O2. The van der Waals surface area contributed by atoms with Crippen LogP contribution in [-0.2, 0) is 4.79 Å². The van der Waals surface area contributed by atoms with Crippen molar-refractivity contribution in [2.24, 2.45) is 16.0 Å². The summed E-state index contributed by atoms with van der Waals surface area (Å²) in [6, 6.07) is 9.73. The summed E-state index contributed by atoms with van der Waals surface area (Å²) in [5.41, 5.74) is 7.52. The number of carbonyl (C=O) groups excluding carboxylic acids is 1. The van der Waals surface area contributed by atoms with Crippen LogP contribution >= 0.6 is 0 Å². The standard InChI is InChI=1S/C16H13N5O2/c17-16(22)15(12-5-7-18-8-6-12)21-20-13-3-1-11(2-4-13)14-9-19-10-23-14/h1-10,15H,(H2,17,22). The smallest absolute Gasteiger partial charge is 0.248 e.